The Morgan fingerprint density at radius 1 is 1.37 bits per heavy atom. The third-order valence-corrected chi connectivity index (χ3v) is 4.77. The Morgan fingerprint density at radius 3 is 2.95 bits per heavy atom. The molecular formula is C16H20ClNO. The minimum Gasteiger partial charge on any atom is -0.459 e. The number of hydrogen-bond acceptors (Lipinski definition) is 2. The lowest BCUT2D eigenvalue weighted by Crippen LogP contribution is -2.34. The van der Waals surface area contributed by atoms with E-state index in [1.807, 2.05) is 18.2 Å². The van der Waals surface area contributed by atoms with Crippen LogP contribution in [0.15, 0.2) is 28.7 Å². The average Bonchev–Trinajstić information content (AvgIpc) is 2.84. The Morgan fingerprint density at radius 2 is 2.21 bits per heavy atom. The van der Waals surface area contributed by atoms with Gasteiger partial charge in [0.1, 0.15) is 5.76 Å². The van der Waals surface area contributed by atoms with E-state index in [2.05, 4.69) is 13.0 Å². The van der Waals surface area contributed by atoms with Crippen molar-refractivity contribution >= 4 is 22.6 Å². The van der Waals surface area contributed by atoms with E-state index >= 15 is 0 Å². The molecule has 0 aliphatic heterocycles. The summed E-state index contributed by atoms with van der Waals surface area (Å²) in [6.07, 6.45) is 4.70. The van der Waals surface area contributed by atoms with Gasteiger partial charge in [0.25, 0.3) is 0 Å². The summed E-state index contributed by atoms with van der Waals surface area (Å²) in [6.45, 7) is 2.26. The second-order valence-corrected chi connectivity index (χ2v) is 6.07. The molecule has 1 aromatic heterocycles. The maximum atomic E-state index is 6.29. The van der Waals surface area contributed by atoms with E-state index in [0.717, 1.165) is 35.5 Å². The SMILES string of the molecule is CCC1CCC(N)C(c2cc3cccc(Cl)c3o2)C1. The van der Waals surface area contributed by atoms with Crippen molar-refractivity contribution in [2.75, 3.05) is 0 Å². The molecule has 0 saturated heterocycles. The zero-order valence-electron chi connectivity index (χ0n) is 11.2. The van der Waals surface area contributed by atoms with Gasteiger partial charge < -0.3 is 10.2 Å². The van der Waals surface area contributed by atoms with Gasteiger partial charge in [-0.15, -0.1) is 0 Å². The lowest BCUT2D eigenvalue weighted by atomic mass is 9.76. The normalized spacial score (nSPS) is 27.8. The zero-order valence-corrected chi connectivity index (χ0v) is 12.0. The predicted molar refractivity (Wildman–Crippen MR) is 79.6 cm³/mol. The number of benzene rings is 1. The Hall–Kier alpha value is -0.990. The molecule has 1 fully saturated rings. The molecule has 3 heteroatoms. The summed E-state index contributed by atoms with van der Waals surface area (Å²) in [7, 11) is 0. The summed E-state index contributed by atoms with van der Waals surface area (Å²) in [5.41, 5.74) is 7.09. The number of halogens is 1. The van der Waals surface area contributed by atoms with Gasteiger partial charge in [-0.3, -0.25) is 0 Å². The Kier molecular flexibility index (Phi) is 3.55. The Balaban J connectivity index is 1.96. The van der Waals surface area contributed by atoms with Crippen LogP contribution >= 0.6 is 11.6 Å². The molecule has 1 saturated carbocycles. The average molecular weight is 278 g/mol. The van der Waals surface area contributed by atoms with E-state index < -0.39 is 0 Å². The maximum Gasteiger partial charge on any atom is 0.152 e. The number of rotatable bonds is 2. The molecule has 3 unspecified atom stereocenters. The van der Waals surface area contributed by atoms with E-state index in [-0.39, 0.29) is 6.04 Å². The van der Waals surface area contributed by atoms with Crippen molar-refractivity contribution in [1.29, 1.82) is 0 Å². The van der Waals surface area contributed by atoms with Gasteiger partial charge in [0.2, 0.25) is 0 Å². The van der Waals surface area contributed by atoms with Gasteiger partial charge in [0.05, 0.1) is 5.02 Å². The summed E-state index contributed by atoms with van der Waals surface area (Å²) >= 11 is 6.18. The number of para-hydroxylation sites is 1. The first kappa shape index (κ1) is 13.0. The molecule has 1 heterocycles. The number of fused-ring (bicyclic) bond motifs is 1. The van der Waals surface area contributed by atoms with Crippen LogP contribution in [0, 0.1) is 5.92 Å². The van der Waals surface area contributed by atoms with Crippen molar-refractivity contribution < 1.29 is 4.42 Å². The van der Waals surface area contributed by atoms with Gasteiger partial charge in [-0.25, -0.2) is 0 Å². The van der Waals surface area contributed by atoms with Gasteiger partial charge in [-0.05, 0) is 37.3 Å². The lowest BCUT2D eigenvalue weighted by Gasteiger charge is -2.32. The largest absolute Gasteiger partial charge is 0.459 e. The van der Waals surface area contributed by atoms with Crippen molar-refractivity contribution in [3.8, 4) is 0 Å². The molecule has 2 nitrogen and oxygen atoms in total. The van der Waals surface area contributed by atoms with E-state index in [9.17, 15) is 0 Å². The first-order valence-corrected chi connectivity index (χ1v) is 7.50. The monoisotopic (exact) mass is 277 g/mol. The van der Waals surface area contributed by atoms with Crippen LogP contribution in [0.1, 0.15) is 44.3 Å². The summed E-state index contributed by atoms with van der Waals surface area (Å²) < 4.78 is 5.99. The maximum absolute atomic E-state index is 6.29. The van der Waals surface area contributed by atoms with Crippen molar-refractivity contribution in [1.82, 2.24) is 0 Å². The second kappa shape index (κ2) is 5.18. The van der Waals surface area contributed by atoms with E-state index in [1.165, 1.54) is 12.8 Å². The third kappa shape index (κ3) is 2.39. The highest BCUT2D eigenvalue weighted by molar-refractivity contribution is 6.34. The Labute approximate surface area is 118 Å². The predicted octanol–water partition coefficient (Wildman–Crippen LogP) is 4.71. The van der Waals surface area contributed by atoms with E-state index in [4.69, 9.17) is 21.8 Å². The van der Waals surface area contributed by atoms with Crippen molar-refractivity contribution in [2.24, 2.45) is 11.7 Å². The quantitative estimate of drug-likeness (QED) is 0.864. The van der Waals surface area contributed by atoms with Crippen LogP contribution in [0.3, 0.4) is 0 Å². The van der Waals surface area contributed by atoms with Crippen molar-refractivity contribution in [3.05, 3.63) is 35.0 Å². The summed E-state index contributed by atoms with van der Waals surface area (Å²) in [4.78, 5) is 0. The minimum absolute atomic E-state index is 0.210. The molecule has 1 aliphatic rings. The van der Waals surface area contributed by atoms with Crippen LogP contribution in [0.2, 0.25) is 5.02 Å². The zero-order chi connectivity index (χ0) is 13.4. The summed E-state index contributed by atoms with van der Waals surface area (Å²) in [5.74, 6) is 2.12. The molecule has 2 N–H and O–H groups in total. The molecule has 2 aromatic rings. The molecule has 102 valence electrons. The molecule has 0 spiro atoms. The molecule has 0 amide bonds. The molecule has 1 aliphatic carbocycles. The van der Waals surface area contributed by atoms with Crippen LogP contribution in [-0.2, 0) is 0 Å². The smallest absolute Gasteiger partial charge is 0.152 e. The highest BCUT2D eigenvalue weighted by Crippen LogP contribution is 2.39. The number of furan rings is 1. The van der Waals surface area contributed by atoms with E-state index in [1.54, 1.807) is 0 Å². The number of hydrogen-bond donors (Lipinski definition) is 1. The fourth-order valence-electron chi connectivity index (χ4n) is 3.21. The fourth-order valence-corrected chi connectivity index (χ4v) is 3.43. The van der Waals surface area contributed by atoms with Gasteiger partial charge in [0.15, 0.2) is 5.58 Å². The van der Waals surface area contributed by atoms with Crippen LogP contribution < -0.4 is 5.73 Å². The van der Waals surface area contributed by atoms with Gasteiger partial charge in [-0.1, -0.05) is 37.1 Å². The molecule has 3 atom stereocenters. The van der Waals surface area contributed by atoms with Crippen LogP contribution in [0.4, 0.5) is 0 Å². The molecule has 0 bridgehead atoms. The summed E-state index contributed by atoms with van der Waals surface area (Å²) in [6, 6.07) is 8.19. The lowest BCUT2D eigenvalue weighted by molar-refractivity contribution is 0.260. The highest BCUT2D eigenvalue weighted by atomic mass is 35.5. The second-order valence-electron chi connectivity index (χ2n) is 5.66. The first-order valence-electron chi connectivity index (χ1n) is 7.12. The first-order chi connectivity index (χ1) is 9.19. The highest BCUT2D eigenvalue weighted by Gasteiger charge is 2.30. The fraction of sp³-hybridized carbons (Fsp3) is 0.500. The molecule has 1 aromatic carbocycles. The topological polar surface area (TPSA) is 39.2 Å². The van der Waals surface area contributed by atoms with Crippen molar-refractivity contribution in [2.45, 2.75) is 44.6 Å². The standard InChI is InChI=1S/C16H20ClNO/c1-2-10-6-7-14(18)12(8-10)15-9-11-4-3-5-13(17)16(11)19-15/h3-5,9-10,12,14H,2,6-8,18H2,1H3. The molecular weight excluding hydrogens is 258 g/mol. The van der Waals surface area contributed by atoms with Crippen LogP contribution in [0.5, 0.6) is 0 Å². The molecule has 0 radical (unpaired) electrons. The van der Waals surface area contributed by atoms with Crippen molar-refractivity contribution in [3.63, 3.8) is 0 Å². The van der Waals surface area contributed by atoms with Gasteiger partial charge >= 0.3 is 0 Å². The molecule has 3 rings (SSSR count). The molecule has 19 heavy (non-hydrogen) atoms. The minimum atomic E-state index is 0.210. The third-order valence-electron chi connectivity index (χ3n) is 4.47. The summed E-state index contributed by atoms with van der Waals surface area (Å²) in [5, 5.41) is 1.76. The van der Waals surface area contributed by atoms with Gasteiger partial charge in [0, 0.05) is 17.3 Å². The van der Waals surface area contributed by atoms with Gasteiger partial charge in [-0.2, -0.15) is 0 Å². The Bertz CT molecular complexity index is 577. The van der Waals surface area contributed by atoms with Crippen LogP contribution in [-0.4, -0.2) is 6.04 Å². The number of nitrogens with two attached hydrogens (primary N) is 1. The van der Waals surface area contributed by atoms with Crippen LogP contribution in [0.25, 0.3) is 11.0 Å². The van der Waals surface area contributed by atoms with E-state index in [0.29, 0.717) is 10.9 Å².